The number of urea groups is 1. The van der Waals surface area contributed by atoms with Gasteiger partial charge in [-0.3, -0.25) is 10.1 Å². The van der Waals surface area contributed by atoms with Crippen molar-refractivity contribution in [1.82, 2.24) is 10.6 Å². The fraction of sp³-hybridized carbons (Fsp3) is 0.385. The molecule has 1 aromatic carbocycles. The molecular formula is C13H18BrN3O4. The minimum atomic E-state index is -0.905. The summed E-state index contributed by atoms with van der Waals surface area (Å²) >= 11 is 3.37. The number of para-hydroxylation sites is 1. The minimum Gasteiger partial charge on any atom is -0.482 e. The number of imide groups is 1. The first-order valence-corrected chi connectivity index (χ1v) is 7.03. The number of hydrogen-bond donors (Lipinski definition) is 3. The van der Waals surface area contributed by atoms with Gasteiger partial charge in [-0.15, -0.1) is 0 Å². The van der Waals surface area contributed by atoms with Crippen LogP contribution in [-0.4, -0.2) is 38.8 Å². The number of carbonyl (C=O) groups excluding carboxylic acids is 2. The topological polar surface area (TPSA) is 103 Å². The maximum atomic E-state index is 11.4. The van der Waals surface area contributed by atoms with E-state index in [0.717, 1.165) is 10.0 Å². The summed E-state index contributed by atoms with van der Waals surface area (Å²) < 4.78 is 11.1. The zero-order valence-corrected chi connectivity index (χ0v) is 13.2. The van der Waals surface area contributed by atoms with Crippen molar-refractivity contribution in [3.63, 3.8) is 0 Å². The lowest BCUT2D eigenvalue weighted by atomic mass is 10.2. The number of carbonyl (C=O) groups is 2. The van der Waals surface area contributed by atoms with E-state index in [1.165, 1.54) is 0 Å². The molecule has 0 fully saturated rings. The predicted octanol–water partition coefficient (Wildman–Crippen LogP) is 0.759. The van der Waals surface area contributed by atoms with Gasteiger partial charge in [0.1, 0.15) is 5.75 Å². The predicted molar refractivity (Wildman–Crippen MR) is 80.9 cm³/mol. The average Bonchev–Trinajstić information content (AvgIpc) is 2.42. The van der Waals surface area contributed by atoms with Gasteiger partial charge in [0, 0.05) is 25.8 Å². The second-order valence-corrected chi connectivity index (χ2v) is 4.95. The molecule has 21 heavy (non-hydrogen) atoms. The Labute approximate surface area is 131 Å². The first-order valence-electron chi connectivity index (χ1n) is 6.23. The molecule has 0 aliphatic rings. The van der Waals surface area contributed by atoms with Crippen molar-refractivity contribution in [1.29, 1.82) is 0 Å². The van der Waals surface area contributed by atoms with E-state index in [0.29, 0.717) is 25.4 Å². The number of benzene rings is 1. The largest absolute Gasteiger partial charge is 0.482 e. The molecule has 0 atom stereocenters. The fourth-order valence-electron chi connectivity index (χ4n) is 1.56. The maximum Gasteiger partial charge on any atom is 0.318 e. The summed E-state index contributed by atoms with van der Waals surface area (Å²) in [5.74, 6) is -0.0569. The lowest BCUT2D eigenvalue weighted by Gasteiger charge is -2.13. The van der Waals surface area contributed by atoms with Crippen molar-refractivity contribution in [3.8, 4) is 5.75 Å². The average molecular weight is 360 g/mol. The highest BCUT2D eigenvalue weighted by Gasteiger charge is 2.11. The third-order valence-corrected chi connectivity index (χ3v) is 3.08. The molecule has 0 saturated heterocycles. The highest BCUT2D eigenvalue weighted by atomic mass is 79.9. The lowest BCUT2D eigenvalue weighted by molar-refractivity contribution is -0.121. The van der Waals surface area contributed by atoms with Gasteiger partial charge in [0.2, 0.25) is 0 Å². The van der Waals surface area contributed by atoms with Crippen LogP contribution in [0.25, 0.3) is 0 Å². The van der Waals surface area contributed by atoms with Gasteiger partial charge in [-0.2, -0.15) is 0 Å². The van der Waals surface area contributed by atoms with Crippen LogP contribution in [-0.2, 0) is 16.1 Å². The Morgan fingerprint density at radius 1 is 1.38 bits per heavy atom. The number of methoxy groups -OCH3 is 1. The van der Waals surface area contributed by atoms with Crippen LogP contribution < -0.4 is 21.1 Å². The molecule has 0 saturated carbocycles. The van der Waals surface area contributed by atoms with E-state index in [9.17, 15) is 9.59 Å². The van der Waals surface area contributed by atoms with Crippen LogP contribution in [0.5, 0.6) is 5.75 Å². The van der Waals surface area contributed by atoms with Gasteiger partial charge in [0.25, 0.3) is 5.91 Å². The van der Waals surface area contributed by atoms with Gasteiger partial charge in [-0.05, 0) is 22.0 Å². The van der Waals surface area contributed by atoms with Crippen LogP contribution in [0, 0.1) is 0 Å². The number of amides is 3. The Bertz CT molecular complexity index is 496. The fourth-order valence-corrected chi connectivity index (χ4v) is 2.08. The van der Waals surface area contributed by atoms with Crippen LogP contribution >= 0.6 is 15.9 Å². The summed E-state index contributed by atoms with van der Waals surface area (Å²) in [4.78, 5) is 21.9. The molecule has 3 amide bonds. The minimum absolute atomic E-state index is 0.295. The van der Waals surface area contributed by atoms with Gasteiger partial charge in [0.05, 0.1) is 11.1 Å². The lowest BCUT2D eigenvalue weighted by Crippen LogP contribution is -2.38. The second-order valence-electron chi connectivity index (χ2n) is 4.10. The number of nitrogens with one attached hydrogen (secondary N) is 2. The Kier molecular flexibility index (Phi) is 7.73. The highest BCUT2D eigenvalue weighted by Crippen LogP contribution is 2.29. The van der Waals surface area contributed by atoms with Crippen molar-refractivity contribution in [3.05, 3.63) is 28.2 Å². The van der Waals surface area contributed by atoms with Crippen molar-refractivity contribution < 1.29 is 19.1 Å². The van der Waals surface area contributed by atoms with E-state index < -0.39 is 11.9 Å². The van der Waals surface area contributed by atoms with Gasteiger partial charge in [0.15, 0.2) is 6.61 Å². The first kappa shape index (κ1) is 17.4. The highest BCUT2D eigenvalue weighted by molar-refractivity contribution is 9.10. The Balaban J connectivity index is 2.62. The summed E-state index contributed by atoms with van der Waals surface area (Å²) in [5.41, 5.74) is 5.74. The van der Waals surface area contributed by atoms with Crippen LogP contribution in [0.4, 0.5) is 4.79 Å². The van der Waals surface area contributed by atoms with Crippen molar-refractivity contribution in [2.24, 2.45) is 5.73 Å². The Morgan fingerprint density at radius 2 is 2.14 bits per heavy atom. The molecule has 0 radical (unpaired) electrons. The molecule has 0 aliphatic carbocycles. The third kappa shape index (κ3) is 6.56. The Hall–Kier alpha value is -1.64. The maximum absolute atomic E-state index is 11.4. The van der Waals surface area contributed by atoms with Crippen LogP contribution in [0.1, 0.15) is 5.56 Å². The first-order chi connectivity index (χ1) is 10.0. The molecule has 0 bridgehead atoms. The SMILES string of the molecule is COCCNCc1cccc(Br)c1OCC(=O)NC(N)=O. The molecule has 8 heteroatoms. The second kappa shape index (κ2) is 9.32. The van der Waals surface area contributed by atoms with E-state index in [2.05, 4.69) is 21.2 Å². The quantitative estimate of drug-likeness (QED) is 0.594. The summed E-state index contributed by atoms with van der Waals surface area (Å²) in [5, 5.41) is 5.13. The molecule has 116 valence electrons. The molecule has 4 N–H and O–H groups in total. The summed E-state index contributed by atoms with van der Waals surface area (Å²) in [6.07, 6.45) is 0. The zero-order chi connectivity index (χ0) is 15.7. The normalized spacial score (nSPS) is 10.2. The standard InChI is InChI=1S/C13H18BrN3O4/c1-20-6-5-16-7-9-3-2-4-10(14)12(9)21-8-11(18)17-13(15)19/h2-4,16H,5-8H2,1H3,(H3,15,17,18,19). The van der Waals surface area contributed by atoms with Crippen LogP contribution in [0.3, 0.4) is 0 Å². The summed E-state index contributed by atoms with van der Waals surface area (Å²) in [6, 6.07) is 4.65. The van der Waals surface area contributed by atoms with E-state index in [-0.39, 0.29) is 6.61 Å². The summed E-state index contributed by atoms with van der Waals surface area (Å²) in [6.45, 7) is 1.57. The van der Waals surface area contributed by atoms with E-state index in [1.54, 1.807) is 13.2 Å². The number of primary amides is 1. The van der Waals surface area contributed by atoms with Gasteiger partial charge in [-0.1, -0.05) is 12.1 Å². The van der Waals surface area contributed by atoms with Gasteiger partial charge in [-0.25, -0.2) is 4.79 Å². The number of nitrogens with two attached hydrogens (primary N) is 1. The molecule has 0 unspecified atom stereocenters. The molecule has 1 rings (SSSR count). The molecule has 0 heterocycles. The Morgan fingerprint density at radius 3 is 2.81 bits per heavy atom. The smallest absolute Gasteiger partial charge is 0.318 e. The van der Waals surface area contributed by atoms with Crippen LogP contribution in [0.15, 0.2) is 22.7 Å². The molecular weight excluding hydrogens is 342 g/mol. The van der Waals surface area contributed by atoms with Crippen molar-refractivity contribution in [2.75, 3.05) is 26.9 Å². The van der Waals surface area contributed by atoms with E-state index in [1.807, 2.05) is 17.4 Å². The third-order valence-electron chi connectivity index (χ3n) is 2.46. The molecule has 0 spiro atoms. The summed E-state index contributed by atoms with van der Waals surface area (Å²) in [7, 11) is 1.63. The molecule has 0 aliphatic heterocycles. The number of ether oxygens (including phenoxy) is 2. The van der Waals surface area contributed by atoms with Gasteiger partial charge < -0.3 is 20.5 Å². The van der Waals surface area contributed by atoms with Crippen LogP contribution in [0.2, 0.25) is 0 Å². The van der Waals surface area contributed by atoms with Crippen molar-refractivity contribution >= 4 is 27.9 Å². The monoisotopic (exact) mass is 359 g/mol. The molecule has 7 nitrogen and oxygen atoms in total. The number of hydrogen-bond acceptors (Lipinski definition) is 5. The number of halogens is 1. The van der Waals surface area contributed by atoms with Gasteiger partial charge >= 0.3 is 6.03 Å². The zero-order valence-electron chi connectivity index (χ0n) is 11.6. The van der Waals surface area contributed by atoms with E-state index in [4.69, 9.17) is 15.2 Å². The van der Waals surface area contributed by atoms with E-state index >= 15 is 0 Å². The number of rotatable bonds is 8. The molecule has 1 aromatic rings. The van der Waals surface area contributed by atoms with Crippen molar-refractivity contribution in [2.45, 2.75) is 6.54 Å². The molecule has 0 aromatic heterocycles.